The van der Waals surface area contributed by atoms with Crippen LogP contribution in [0, 0.1) is 0 Å². The van der Waals surface area contributed by atoms with Crippen LogP contribution in [0.4, 0.5) is 0 Å². The van der Waals surface area contributed by atoms with Crippen LogP contribution in [-0.2, 0) is 16.0 Å². The molecule has 0 atom stereocenters. The molecule has 4 heteroatoms. The highest BCUT2D eigenvalue weighted by atomic mass is 79.9. The molecule has 0 saturated heterocycles. The van der Waals surface area contributed by atoms with Gasteiger partial charge in [-0.1, -0.05) is 6.07 Å². The fourth-order valence-corrected chi connectivity index (χ4v) is 2.12. The molecule has 0 radical (unpaired) electrons. The molecular formula is C13H17BrO3. The summed E-state index contributed by atoms with van der Waals surface area (Å²) in [6.45, 7) is 2.27. The van der Waals surface area contributed by atoms with Crippen LogP contribution in [0.2, 0.25) is 0 Å². The maximum absolute atomic E-state index is 11.1. The second kappa shape index (κ2) is 7.33. The molecule has 1 rings (SSSR count). The third-order valence-electron chi connectivity index (χ3n) is 2.37. The molecule has 0 amide bonds. The molecule has 1 aromatic rings. The van der Waals surface area contributed by atoms with Crippen LogP contribution >= 0.6 is 15.9 Å². The zero-order chi connectivity index (χ0) is 12.7. The quantitative estimate of drug-likeness (QED) is 0.756. The number of carbonyl (C=O) groups is 1. The third kappa shape index (κ3) is 4.77. The average Bonchev–Trinajstić information content (AvgIpc) is 2.29. The van der Waals surface area contributed by atoms with E-state index < -0.39 is 0 Å². The summed E-state index contributed by atoms with van der Waals surface area (Å²) < 4.78 is 11.0. The summed E-state index contributed by atoms with van der Waals surface area (Å²) in [6.07, 6.45) is 2.14. The molecule has 0 aliphatic rings. The van der Waals surface area contributed by atoms with E-state index in [1.165, 1.54) is 5.56 Å². The zero-order valence-corrected chi connectivity index (χ0v) is 11.7. The molecule has 0 aliphatic carbocycles. The SMILES string of the molecule is CCOC(=O)CCCc1ccc(OC)c(Br)c1. The third-order valence-corrected chi connectivity index (χ3v) is 2.99. The minimum absolute atomic E-state index is 0.125. The molecule has 3 nitrogen and oxygen atoms in total. The van der Waals surface area contributed by atoms with E-state index in [4.69, 9.17) is 9.47 Å². The van der Waals surface area contributed by atoms with Gasteiger partial charge in [0.2, 0.25) is 0 Å². The van der Waals surface area contributed by atoms with Gasteiger partial charge in [-0.3, -0.25) is 4.79 Å². The second-order valence-electron chi connectivity index (χ2n) is 3.63. The van der Waals surface area contributed by atoms with E-state index >= 15 is 0 Å². The lowest BCUT2D eigenvalue weighted by molar-refractivity contribution is -0.143. The molecule has 1 aromatic carbocycles. The summed E-state index contributed by atoms with van der Waals surface area (Å²) in [5, 5.41) is 0. The van der Waals surface area contributed by atoms with E-state index in [2.05, 4.69) is 15.9 Å². The number of aryl methyl sites for hydroxylation is 1. The van der Waals surface area contributed by atoms with Gasteiger partial charge >= 0.3 is 5.97 Å². The lowest BCUT2D eigenvalue weighted by Crippen LogP contribution is -2.04. The second-order valence-corrected chi connectivity index (χ2v) is 4.48. The van der Waals surface area contributed by atoms with Gasteiger partial charge in [0.05, 0.1) is 18.2 Å². The Labute approximate surface area is 110 Å². The first-order valence-electron chi connectivity index (χ1n) is 5.65. The molecule has 0 aliphatic heterocycles. The first-order valence-corrected chi connectivity index (χ1v) is 6.44. The number of methoxy groups -OCH3 is 1. The van der Waals surface area contributed by atoms with Crippen LogP contribution < -0.4 is 4.74 Å². The highest BCUT2D eigenvalue weighted by Gasteiger charge is 2.04. The minimum Gasteiger partial charge on any atom is -0.496 e. The molecule has 17 heavy (non-hydrogen) atoms. The molecule has 0 heterocycles. The normalized spacial score (nSPS) is 10.1. The van der Waals surface area contributed by atoms with Gasteiger partial charge < -0.3 is 9.47 Å². The van der Waals surface area contributed by atoms with Crippen LogP contribution in [0.1, 0.15) is 25.3 Å². The van der Waals surface area contributed by atoms with Crippen molar-refractivity contribution in [1.82, 2.24) is 0 Å². The molecule has 0 unspecified atom stereocenters. The Hall–Kier alpha value is -1.03. The summed E-state index contributed by atoms with van der Waals surface area (Å²) >= 11 is 3.44. The molecule has 0 spiro atoms. The summed E-state index contributed by atoms with van der Waals surface area (Å²) in [4.78, 5) is 11.1. The molecule has 0 N–H and O–H groups in total. The van der Waals surface area contributed by atoms with Crippen molar-refractivity contribution in [3.05, 3.63) is 28.2 Å². The number of hydrogen-bond acceptors (Lipinski definition) is 3. The first-order chi connectivity index (χ1) is 8.17. The summed E-state index contributed by atoms with van der Waals surface area (Å²) in [5.41, 5.74) is 1.18. The van der Waals surface area contributed by atoms with Crippen molar-refractivity contribution in [2.24, 2.45) is 0 Å². The predicted molar refractivity (Wildman–Crippen MR) is 70.3 cm³/mol. The first kappa shape index (κ1) is 14.0. The van der Waals surface area contributed by atoms with Gasteiger partial charge in [-0.05, 0) is 53.4 Å². The van der Waals surface area contributed by atoms with E-state index in [0.717, 1.165) is 23.1 Å². The zero-order valence-electron chi connectivity index (χ0n) is 10.2. The fraction of sp³-hybridized carbons (Fsp3) is 0.462. The Morgan fingerprint density at radius 1 is 1.41 bits per heavy atom. The van der Waals surface area contributed by atoms with Crippen LogP contribution in [0.25, 0.3) is 0 Å². The Morgan fingerprint density at radius 3 is 2.76 bits per heavy atom. The van der Waals surface area contributed by atoms with E-state index in [9.17, 15) is 4.79 Å². The summed E-state index contributed by atoms with van der Waals surface area (Å²) in [5.74, 6) is 0.694. The maximum Gasteiger partial charge on any atom is 0.305 e. The minimum atomic E-state index is -0.125. The molecule has 0 aromatic heterocycles. The standard InChI is InChI=1S/C13H17BrO3/c1-3-17-13(15)6-4-5-10-7-8-12(16-2)11(14)9-10/h7-9H,3-6H2,1-2H3. The highest BCUT2D eigenvalue weighted by Crippen LogP contribution is 2.26. The van der Waals surface area contributed by atoms with Crippen LogP contribution in [0.5, 0.6) is 5.75 Å². The molecule has 0 bridgehead atoms. The van der Waals surface area contributed by atoms with E-state index in [-0.39, 0.29) is 5.97 Å². The predicted octanol–water partition coefficient (Wildman–Crippen LogP) is 3.34. The Morgan fingerprint density at radius 2 is 2.18 bits per heavy atom. The number of carbonyl (C=O) groups excluding carboxylic acids is 1. The fourth-order valence-electron chi connectivity index (χ4n) is 1.54. The van der Waals surface area contributed by atoms with Crippen LogP contribution in [-0.4, -0.2) is 19.7 Å². The number of hydrogen-bond donors (Lipinski definition) is 0. The number of benzene rings is 1. The molecule has 0 fully saturated rings. The average molecular weight is 301 g/mol. The monoisotopic (exact) mass is 300 g/mol. The van der Waals surface area contributed by atoms with Gasteiger partial charge in [-0.2, -0.15) is 0 Å². The van der Waals surface area contributed by atoms with Crippen molar-refractivity contribution in [2.45, 2.75) is 26.2 Å². The summed E-state index contributed by atoms with van der Waals surface area (Å²) in [7, 11) is 1.64. The van der Waals surface area contributed by atoms with Crippen molar-refractivity contribution in [3.63, 3.8) is 0 Å². The van der Waals surface area contributed by atoms with Crippen molar-refractivity contribution in [2.75, 3.05) is 13.7 Å². The lowest BCUT2D eigenvalue weighted by Gasteiger charge is -2.06. The molecule has 94 valence electrons. The highest BCUT2D eigenvalue weighted by molar-refractivity contribution is 9.10. The Kier molecular flexibility index (Phi) is 6.05. The number of esters is 1. The summed E-state index contributed by atoms with van der Waals surface area (Å²) in [6, 6.07) is 5.95. The van der Waals surface area contributed by atoms with Gasteiger partial charge in [-0.25, -0.2) is 0 Å². The lowest BCUT2D eigenvalue weighted by atomic mass is 10.1. The smallest absolute Gasteiger partial charge is 0.305 e. The van der Waals surface area contributed by atoms with E-state index in [1.807, 2.05) is 25.1 Å². The maximum atomic E-state index is 11.1. The molecular weight excluding hydrogens is 284 g/mol. The Bertz CT molecular complexity index is 377. The molecule has 0 saturated carbocycles. The topological polar surface area (TPSA) is 35.5 Å². The van der Waals surface area contributed by atoms with Gasteiger partial charge in [0.15, 0.2) is 0 Å². The van der Waals surface area contributed by atoms with Gasteiger partial charge in [0, 0.05) is 6.42 Å². The van der Waals surface area contributed by atoms with Gasteiger partial charge in [0.1, 0.15) is 5.75 Å². The number of rotatable bonds is 6. The van der Waals surface area contributed by atoms with E-state index in [0.29, 0.717) is 13.0 Å². The number of ether oxygens (including phenoxy) is 2. The van der Waals surface area contributed by atoms with Crippen molar-refractivity contribution in [1.29, 1.82) is 0 Å². The van der Waals surface area contributed by atoms with E-state index in [1.54, 1.807) is 7.11 Å². The van der Waals surface area contributed by atoms with Crippen molar-refractivity contribution < 1.29 is 14.3 Å². The van der Waals surface area contributed by atoms with Crippen LogP contribution in [0.15, 0.2) is 22.7 Å². The van der Waals surface area contributed by atoms with Gasteiger partial charge in [0.25, 0.3) is 0 Å². The number of halogens is 1. The van der Waals surface area contributed by atoms with Gasteiger partial charge in [-0.15, -0.1) is 0 Å². The largest absolute Gasteiger partial charge is 0.496 e. The Balaban J connectivity index is 2.42. The van der Waals surface area contributed by atoms with Crippen molar-refractivity contribution >= 4 is 21.9 Å². The van der Waals surface area contributed by atoms with Crippen LogP contribution in [0.3, 0.4) is 0 Å². The van der Waals surface area contributed by atoms with Crippen molar-refractivity contribution in [3.8, 4) is 5.75 Å².